The van der Waals surface area contributed by atoms with Crippen molar-refractivity contribution in [2.24, 2.45) is 0 Å². The molecule has 0 spiro atoms. The van der Waals surface area contributed by atoms with Gasteiger partial charge in [0.2, 0.25) is 0 Å². The third-order valence-corrected chi connectivity index (χ3v) is 5.94. The number of carbonyl (C=O) groups is 1. The van der Waals surface area contributed by atoms with Gasteiger partial charge in [0.05, 0.1) is 5.69 Å². The van der Waals surface area contributed by atoms with Crippen LogP contribution in [-0.4, -0.2) is 21.8 Å². The van der Waals surface area contributed by atoms with E-state index >= 15 is 0 Å². The summed E-state index contributed by atoms with van der Waals surface area (Å²) in [6.07, 6.45) is 3.24. The maximum Gasteiger partial charge on any atom is 0.271 e. The third kappa shape index (κ3) is 2.65. The Kier molecular flexibility index (Phi) is 4.06. The molecule has 0 atom stereocenters. The lowest BCUT2D eigenvalue weighted by Crippen LogP contribution is -2.39. The van der Waals surface area contributed by atoms with Gasteiger partial charge in [-0.15, -0.1) is 11.3 Å². The second-order valence-corrected chi connectivity index (χ2v) is 7.61. The van der Waals surface area contributed by atoms with Gasteiger partial charge < -0.3 is 4.90 Å². The van der Waals surface area contributed by atoms with E-state index in [-0.39, 0.29) is 17.0 Å². The number of hydrogen-bond donors (Lipinski definition) is 0. The first-order valence-electron chi connectivity index (χ1n) is 9.18. The van der Waals surface area contributed by atoms with Crippen LogP contribution in [-0.2, 0) is 6.42 Å². The summed E-state index contributed by atoms with van der Waals surface area (Å²) in [5.74, 6) is -0.288. The number of benzene rings is 2. The zero-order valence-corrected chi connectivity index (χ0v) is 15.9. The molecule has 5 nitrogen and oxygen atoms in total. The SMILES string of the molecule is O=C(c1cnc2scc(-c3ccccc3)n2c1=O)N1CCCc2ccccc21. The molecule has 0 unspecified atom stereocenters. The van der Waals surface area contributed by atoms with Gasteiger partial charge >= 0.3 is 0 Å². The highest BCUT2D eigenvalue weighted by Crippen LogP contribution is 2.28. The molecule has 0 bridgehead atoms. The molecule has 28 heavy (non-hydrogen) atoms. The van der Waals surface area contributed by atoms with Crippen molar-refractivity contribution in [3.8, 4) is 11.3 Å². The molecule has 1 amide bonds. The van der Waals surface area contributed by atoms with Crippen LogP contribution in [0.25, 0.3) is 16.2 Å². The molecule has 0 N–H and O–H groups in total. The van der Waals surface area contributed by atoms with Crippen LogP contribution in [0.4, 0.5) is 5.69 Å². The summed E-state index contributed by atoms with van der Waals surface area (Å²) in [6.45, 7) is 0.604. The van der Waals surface area contributed by atoms with Crippen molar-refractivity contribution in [3.63, 3.8) is 0 Å². The predicted molar refractivity (Wildman–Crippen MR) is 111 cm³/mol. The second-order valence-electron chi connectivity index (χ2n) is 6.77. The van der Waals surface area contributed by atoms with Gasteiger partial charge in [-0.25, -0.2) is 4.98 Å². The highest BCUT2D eigenvalue weighted by Gasteiger charge is 2.26. The van der Waals surface area contributed by atoms with Crippen LogP contribution in [0.1, 0.15) is 22.3 Å². The van der Waals surface area contributed by atoms with Crippen molar-refractivity contribution >= 4 is 27.9 Å². The monoisotopic (exact) mass is 387 g/mol. The number of nitrogens with zero attached hydrogens (tertiary/aromatic N) is 3. The summed E-state index contributed by atoms with van der Waals surface area (Å²) in [7, 11) is 0. The van der Waals surface area contributed by atoms with Gasteiger partial charge in [0.1, 0.15) is 5.56 Å². The largest absolute Gasteiger partial charge is 0.308 e. The zero-order valence-electron chi connectivity index (χ0n) is 15.0. The maximum absolute atomic E-state index is 13.3. The molecule has 5 rings (SSSR count). The van der Waals surface area contributed by atoms with Crippen LogP contribution in [0, 0.1) is 0 Å². The first-order valence-corrected chi connectivity index (χ1v) is 10.1. The van der Waals surface area contributed by atoms with Crippen LogP contribution in [0.3, 0.4) is 0 Å². The maximum atomic E-state index is 13.3. The van der Waals surface area contributed by atoms with Crippen LogP contribution < -0.4 is 10.5 Å². The summed E-state index contributed by atoms with van der Waals surface area (Å²) in [4.78, 5) is 33.2. The first kappa shape index (κ1) is 16.9. The fraction of sp³-hybridized carbons (Fsp3) is 0.136. The lowest BCUT2D eigenvalue weighted by Gasteiger charge is -2.29. The van der Waals surface area contributed by atoms with E-state index in [1.165, 1.54) is 17.5 Å². The van der Waals surface area contributed by atoms with E-state index in [0.717, 1.165) is 35.3 Å². The minimum atomic E-state index is -0.321. The predicted octanol–water partition coefficient (Wildman–Crippen LogP) is 4.02. The number of fused-ring (bicyclic) bond motifs is 2. The van der Waals surface area contributed by atoms with E-state index in [0.29, 0.717) is 11.5 Å². The molecule has 2 aromatic carbocycles. The smallest absolute Gasteiger partial charge is 0.271 e. The standard InChI is InChI=1S/C22H17N3O2S/c26-20(24-12-6-10-15-9-4-5-11-18(15)24)17-13-23-22-25(21(17)27)19(14-28-22)16-7-2-1-3-8-16/h1-5,7-9,11,13-14H,6,10,12H2. The summed E-state index contributed by atoms with van der Waals surface area (Å²) in [6, 6.07) is 17.6. The molecule has 0 fully saturated rings. The Hall–Kier alpha value is -3.25. The van der Waals surface area contributed by atoms with Gasteiger partial charge in [-0.1, -0.05) is 48.5 Å². The fourth-order valence-electron chi connectivity index (χ4n) is 3.74. The summed E-state index contributed by atoms with van der Waals surface area (Å²) < 4.78 is 1.54. The Labute approximate surface area is 165 Å². The molecule has 138 valence electrons. The molecule has 6 heteroatoms. The molecule has 0 saturated heterocycles. The second kappa shape index (κ2) is 6.73. The van der Waals surface area contributed by atoms with Crippen LogP contribution >= 0.6 is 11.3 Å². The molecule has 0 radical (unpaired) electrons. The van der Waals surface area contributed by atoms with E-state index < -0.39 is 0 Å². The van der Waals surface area contributed by atoms with Crippen molar-refractivity contribution in [2.45, 2.75) is 12.8 Å². The number of thiazole rings is 1. The molecular formula is C22H17N3O2S. The highest BCUT2D eigenvalue weighted by atomic mass is 32.1. The Morgan fingerprint density at radius 1 is 1.04 bits per heavy atom. The summed E-state index contributed by atoms with van der Waals surface area (Å²) >= 11 is 1.39. The molecule has 3 heterocycles. The number of hydrogen-bond acceptors (Lipinski definition) is 4. The minimum Gasteiger partial charge on any atom is -0.308 e. The zero-order chi connectivity index (χ0) is 19.1. The fourth-order valence-corrected chi connectivity index (χ4v) is 4.60. The topological polar surface area (TPSA) is 54.7 Å². The number of para-hydroxylation sites is 1. The first-order chi connectivity index (χ1) is 13.7. The van der Waals surface area contributed by atoms with Gasteiger partial charge in [-0.05, 0) is 30.0 Å². The van der Waals surface area contributed by atoms with Gasteiger partial charge in [-0.3, -0.25) is 14.0 Å². The molecule has 4 aromatic rings. The lowest BCUT2D eigenvalue weighted by atomic mass is 10.0. The summed E-state index contributed by atoms with van der Waals surface area (Å²) in [5, 5.41) is 1.91. The number of amides is 1. The number of aryl methyl sites for hydroxylation is 1. The van der Waals surface area contributed by atoms with Crippen molar-refractivity contribution in [2.75, 3.05) is 11.4 Å². The Balaban J connectivity index is 1.64. The van der Waals surface area contributed by atoms with Crippen molar-refractivity contribution < 1.29 is 4.79 Å². The van der Waals surface area contributed by atoms with E-state index in [1.54, 1.807) is 9.30 Å². The van der Waals surface area contributed by atoms with Crippen LogP contribution in [0.5, 0.6) is 0 Å². The van der Waals surface area contributed by atoms with Crippen LogP contribution in [0.2, 0.25) is 0 Å². The third-order valence-electron chi connectivity index (χ3n) is 5.10. The van der Waals surface area contributed by atoms with Crippen molar-refractivity contribution in [1.82, 2.24) is 9.38 Å². The van der Waals surface area contributed by atoms with Gasteiger partial charge in [0.25, 0.3) is 11.5 Å². The Morgan fingerprint density at radius 2 is 1.82 bits per heavy atom. The molecule has 2 aromatic heterocycles. The number of aromatic nitrogens is 2. The summed E-state index contributed by atoms with van der Waals surface area (Å²) in [5.41, 5.74) is 3.48. The van der Waals surface area contributed by atoms with Gasteiger partial charge in [-0.2, -0.15) is 0 Å². The van der Waals surface area contributed by atoms with E-state index in [1.807, 2.05) is 60.0 Å². The average molecular weight is 387 g/mol. The van der Waals surface area contributed by atoms with Gasteiger partial charge in [0, 0.05) is 23.8 Å². The van der Waals surface area contributed by atoms with E-state index in [2.05, 4.69) is 4.98 Å². The number of carbonyl (C=O) groups excluding carboxylic acids is 1. The number of rotatable bonds is 2. The van der Waals surface area contributed by atoms with E-state index in [4.69, 9.17) is 0 Å². The Bertz CT molecular complexity index is 1240. The average Bonchev–Trinajstić information content (AvgIpc) is 3.19. The van der Waals surface area contributed by atoms with Crippen molar-refractivity contribution in [1.29, 1.82) is 0 Å². The lowest BCUT2D eigenvalue weighted by molar-refractivity contribution is 0.0983. The quantitative estimate of drug-likeness (QED) is 0.522. The Morgan fingerprint density at radius 3 is 2.68 bits per heavy atom. The molecule has 0 aliphatic carbocycles. The molecular weight excluding hydrogens is 370 g/mol. The number of anilines is 1. The molecule has 0 saturated carbocycles. The van der Waals surface area contributed by atoms with Gasteiger partial charge in [0.15, 0.2) is 4.96 Å². The highest BCUT2D eigenvalue weighted by molar-refractivity contribution is 7.15. The van der Waals surface area contributed by atoms with E-state index in [9.17, 15) is 9.59 Å². The molecule has 1 aliphatic rings. The van der Waals surface area contributed by atoms with Crippen molar-refractivity contribution in [3.05, 3.63) is 87.7 Å². The molecule has 1 aliphatic heterocycles. The van der Waals surface area contributed by atoms with Crippen LogP contribution in [0.15, 0.2) is 71.0 Å². The minimum absolute atomic E-state index is 0.102. The normalized spacial score (nSPS) is 13.5.